The molecular weight excluding hydrogens is 218 g/mol. The number of carbonyl (C=O) groups is 1. The molecule has 0 saturated carbocycles. The predicted octanol–water partition coefficient (Wildman–Crippen LogP) is 1.75. The van der Waals surface area contributed by atoms with E-state index in [2.05, 4.69) is 0 Å². The standard InChI is InChI=1S/C13H17NO3/c14-11(6-7-12(15)16)10-5-4-8-2-1-3-9(8)13(10)17/h4-5,11,17H,1-3,6-7,14H2,(H,15,16). The second-order valence-corrected chi connectivity index (χ2v) is 4.53. The number of fused-ring (bicyclic) bond motifs is 1. The maximum Gasteiger partial charge on any atom is 0.303 e. The van der Waals surface area contributed by atoms with Crippen molar-refractivity contribution in [3.05, 3.63) is 28.8 Å². The molecule has 0 radical (unpaired) electrons. The van der Waals surface area contributed by atoms with Crippen LogP contribution < -0.4 is 5.73 Å². The summed E-state index contributed by atoms with van der Waals surface area (Å²) in [5.41, 5.74) is 8.77. The molecule has 0 heterocycles. The summed E-state index contributed by atoms with van der Waals surface area (Å²) in [7, 11) is 0. The Kier molecular flexibility index (Phi) is 3.33. The molecule has 4 heteroatoms. The summed E-state index contributed by atoms with van der Waals surface area (Å²) in [5.74, 6) is -0.584. The van der Waals surface area contributed by atoms with E-state index in [0.29, 0.717) is 12.0 Å². The molecule has 1 aliphatic carbocycles. The molecule has 1 atom stereocenters. The number of aliphatic carboxylic acids is 1. The smallest absolute Gasteiger partial charge is 0.303 e. The Hall–Kier alpha value is -1.55. The lowest BCUT2D eigenvalue weighted by Gasteiger charge is -2.15. The van der Waals surface area contributed by atoms with Crippen LogP contribution in [0.5, 0.6) is 5.75 Å². The third-order valence-corrected chi connectivity index (χ3v) is 3.35. The fraction of sp³-hybridized carbons (Fsp3) is 0.462. The number of aromatic hydroxyl groups is 1. The van der Waals surface area contributed by atoms with Crippen LogP contribution in [0.15, 0.2) is 12.1 Å². The number of nitrogens with two attached hydrogens (primary N) is 1. The molecule has 2 rings (SSSR count). The van der Waals surface area contributed by atoms with Gasteiger partial charge in [-0.3, -0.25) is 4.79 Å². The normalized spacial score (nSPS) is 15.6. The van der Waals surface area contributed by atoms with Crippen LogP contribution in [0.4, 0.5) is 0 Å². The first kappa shape index (κ1) is 11.9. The maximum atomic E-state index is 10.5. The number of rotatable bonds is 4. The molecule has 92 valence electrons. The van der Waals surface area contributed by atoms with E-state index in [-0.39, 0.29) is 12.2 Å². The highest BCUT2D eigenvalue weighted by Gasteiger charge is 2.20. The van der Waals surface area contributed by atoms with Crippen molar-refractivity contribution >= 4 is 5.97 Å². The monoisotopic (exact) mass is 235 g/mol. The van der Waals surface area contributed by atoms with E-state index >= 15 is 0 Å². The van der Waals surface area contributed by atoms with Crippen LogP contribution in [0, 0.1) is 0 Å². The molecule has 0 aromatic heterocycles. The first-order valence-electron chi connectivity index (χ1n) is 5.90. The Morgan fingerprint density at radius 1 is 1.41 bits per heavy atom. The van der Waals surface area contributed by atoms with Crippen LogP contribution in [0.2, 0.25) is 0 Å². The Morgan fingerprint density at radius 3 is 2.88 bits per heavy atom. The van der Waals surface area contributed by atoms with Crippen LogP contribution in [0.25, 0.3) is 0 Å². The summed E-state index contributed by atoms with van der Waals surface area (Å²) in [5, 5.41) is 18.7. The summed E-state index contributed by atoms with van der Waals surface area (Å²) < 4.78 is 0. The first-order chi connectivity index (χ1) is 8.09. The lowest BCUT2D eigenvalue weighted by atomic mass is 9.97. The van der Waals surface area contributed by atoms with Gasteiger partial charge in [-0.1, -0.05) is 12.1 Å². The van der Waals surface area contributed by atoms with Gasteiger partial charge in [-0.2, -0.15) is 0 Å². The van der Waals surface area contributed by atoms with Gasteiger partial charge in [-0.25, -0.2) is 0 Å². The van der Waals surface area contributed by atoms with E-state index in [0.717, 1.165) is 24.8 Å². The van der Waals surface area contributed by atoms with Crippen molar-refractivity contribution in [1.29, 1.82) is 0 Å². The Bertz CT molecular complexity index is 443. The van der Waals surface area contributed by atoms with Crippen molar-refractivity contribution in [2.75, 3.05) is 0 Å². The SMILES string of the molecule is NC(CCC(=O)O)c1ccc2c(c1O)CCC2. The van der Waals surface area contributed by atoms with Crippen molar-refractivity contribution in [2.45, 2.75) is 38.1 Å². The van der Waals surface area contributed by atoms with Crippen molar-refractivity contribution < 1.29 is 15.0 Å². The second-order valence-electron chi connectivity index (χ2n) is 4.53. The van der Waals surface area contributed by atoms with Gasteiger partial charge < -0.3 is 15.9 Å². The van der Waals surface area contributed by atoms with E-state index in [1.807, 2.05) is 12.1 Å². The zero-order chi connectivity index (χ0) is 12.4. The molecule has 4 nitrogen and oxygen atoms in total. The number of carboxylic acid groups (broad SMARTS) is 1. The first-order valence-corrected chi connectivity index (χ1v) is 5.90. The van der Waals surface area contributed by atoms with Crippen LogP contribution in [-0.2, 0) is 17.6 Å². The minimum absolute atomic E-state index is 0.0255. The van der Waals surface area contributed by atoms with E-state index < -0.39 is 12.0 Å². The molecule has 1 aromatic rings. The minimum Gasteiger partial charge on any atom is -0.507 e. The van der Waals surface area contributed by atoms with Gasteiger partial charge >= 0.3 is 5.97 Å². The molecule has 4 N–H and O–H groups in total. The van der Waals surface area contributed by atoms with Crippen LogP contribution in [-0.4, -0.2) is 16.2 Å². The van der Waals surface area contributed by atoms with E-state index in [9.17, 15) is 9.90 Å². The van der Waals surface area contributed by atoms with E-state index in [1.165, 1.54) is 5.56 Å². The van der Waals surface area contributed by atoms with Gasteiger partial charge in [0, 0.05) is 18.0 Å². The molecule has 0 fully saturated rings. The number of aryl methyl sites for hydroxylation is 1. The minimum atomic E-state index is -0.860. The topological polar surface area (TPSA) is 83.6 Å². The highest BCUT2D eigenvalue weighted by Crippen LogP contribution is 2.36. The fourth-order valence-electron chi connectivity index (χ4n) is 2.40. The van der Waals surface area contributed by atoms with Gasteiger partial charge in [-0.05, 0) is 36.8 Å². The molecule has 17 heavy (non-hydrogen) atoms. The zero-order valence-corrected chi connectivity index (χ0v) is 9.65. The number of phenols is 1. The van der Waals surface area contributed by atoms with Crippen LogP contribution >= 0.6 is 0 Å². The highest BCUT2D eigenvalue weighted by atomic mass is 16.4. The summed E-state index contributed by atoms with van der Waals surface area (Å²) in [6, 6.07) is 3.42. The lowest BCUT2D eigenvalue weighted by molar-refractivity contribution is -0.137. The van der Waals surface area contributed by atoms with E-state index in [1.54, 1.807) is 0 Å². The number of hydrogen-bond donors (Lipinski definition) is 3. The summed E-state index contributed by atoms with van der Waals surface area (Å²) >= 11 is 0. The van der Waals surface area contributed by atoms with Gasteiger partial charge in [-0.15, -0.1) is 0 Å². The third kappa shape index (κ3) is 2.42. The molecular formula is C13H17NO3. The van der Waals surface area contributed by atoms with Crippen molar-refractivity contribution in [3.63, 3.8) is 0 Å². The van der Waals surface area contributed by atoms with Gasteiger partial charge in [0.1, 0.15) is 5.75 Å². The highest BCUT2D eigenvalue weighted by molar-refractivity contribution is 5.66. The lowest BCUT2D eigenvalue weighted by Crippen LogP contribution is -2.13. The summed E-state index contributed by atoms with van der Waals surface area (Å²) in [4.78, 5) is 10.5. The average Bonchev–Trinajstić information content (AvgIpc) is 2.75. The molecule has 0 saturated heterocycles. The van der Waals surface area contributed by atoms with E-state index in [4.69, 9.17) is 10.8 Å². The molecule has 1 aromatic carbocycles. The van der Waals surface area contributed by atoms with Crippen LogP contribution in [0.1, 0.15) is 42.0 Å². The quantitative estimate of drug-likeness (QED) is 0.742. The van der Waals surface area contributed by atoms with Gasteiger partial charge in [0.15, 0.2) is 0 Å². The maximum absolute atomic E-state index is 10.5. The molecule has 1 aliphatic rings. The summed E-state index contributed by atoms with van der Waals surface area (Å²) in [6.45, 7) is 0. The Balaban J connectivity index is 2.18. The van der Waals surface area contributed by atoms with Crippen molar-refractivity contribution in [1.82, 2.24) is 0 Å². The van der Waals surface area contributed by atoms with Gasteiger partial charge in [0.05, 0.1) is 0 Å². The molecule has 0 aliphatic heterocycles. The molecule has 0 amide bonds. The zero-order valence-electron chi connectivity index (χ0n) is 9.65. The third-order valence-electron chi connectivity index (χ3n) is 3.35. The summed E-state index contributed by atoms with van der Waals surface area (Å²) in [6.07, 6.45) is 3.34. The van der Waals surface area contributed by atoms with Gasteiger partial charge in [0.25, 0.3) is 0 Å². The number of benzene rings is 1. The number of hydrogen-bond acceptors (Lipinski definition) is 3. The second kappa shape index (κ2) is 4.75. The van der Waals surface area contributed by atoms with Crippen molar-refractivity contribution in [2.24, 2.45) is 5.73 Å². The fourth-order valence-corrected chi connectivity index (χ4v) is 2.40. The Morgan fingerprint density at radius 2 is 2.18 bits per heavy atom. The van der Waals surface area contributed by atoms with Crippen LogP contribution in [0.3, 0.4) is 0 Å². The van der Waals surface area contributed by atoms with Crippen molar-refractivity contribution in [3.8, 4) is 5.75 Å². The van der Waals surface area contributed by atoms with Gasteiger partial charge in [0.2, 0.25) is 0 Å². The average molecular weight is 235 g/mol. The number of phenolic OH excluding ortho intramolecular Hbond substituents is 1. The number of carboxylic acids is 1. The molecule has 0 bridgehead atoms. The molecule has 1 unspecified atom stereocenters. The predicted molar refractivity (Wildman–Crippen MR) is 63.9 cm³/mol. The Labute approximate surface area is 100 Å². The largest absolute Gasteiger partial charge is 0.507 e. The molecule has 0 spiro atoms.